The number of amides is 1. The first-order chi connectivity index (χ1) is 18.1. The number of hydrogen-bond acceptors (Lipinski definition) is 7. The Kier molecular flexibility index (Phi) is 10.9. The van der Waals surface area contributed by atoms with E-state index < -0.39 is 29.7 Å². The summed E-state index contributed by atoms with van der Waals surface area (Å²) in [5.74, 6) is -4.49. The van der Waals surface area contributed by atoms with Gasteiger partial charge in [0.2, 0.25) is 5.91 Å². The van der Waals surface area contributed by atoms with E-state index in [1.54, 1.807) is 18.7 Å². The fourth-order valence-corrected chi connectivity index (χ4v) is 3.97. The summed E-state index contributed by atoms with van der Waals surface area (Å²) in [6.07, 6.45) is -3.30. The quantitative estimate of drug-likeness (QED) is 0.463. The predicted molar refractivity (Wildman–Crippen MR) is 119 cm³/mol. The Bertz CT molecular complexity index is 1060. The first-order valence-corrected chi connectivity index (χ1v) is 11.3. The van der Waals surface area contributed by atoms with E-state index in [0.717, 1.165) is 37.3 Å². The molecule has 0 bridgehead atoms. The number of nitrogens with zero attached hydrogens (tertiary/aromatic N) is 2. The number of ether oxygens (including phenoxy) is 1. The molecule has 2 saturated heterocycles. The van der Waals surface area contributed by atoms with Crippen LogP contribution in [0.15, 0.2) is 47.3 Å². The highest BCUT2D eigenvalue weighted by Gasteiger charge is 2.53. The molecule has 2 atom stereocenters. The summed E-state index contributed by atoms with van der Waals surface area (Å²) in [5.41, 5.74) is 0.540. The van der Waals surface area contributed by atoms with Crippen LogP contribution in [0.2, 0.25) is 0 Å². The average Bonchev–Trinajstić information content (AvgIpc) is 3.53. The smallest absolute Gasteiger partial charge is 0.475 e. The molecule has 16 heteroatoms. The molecule has 4 heterocycles. The Morgan fingerprint density at radius 1 is 1.08 bits per heavy atom. The molecule has 3 N–H and O–H groups in total. The second kappa shape index (κ2) is 13.4. The summed E-state index contributed by atoms with van der Waals surface area (Å²) in [5, 5.41) is 17.4. The maximum atomic E-state index is 13.1. The molecular formula is C23H25F6N3O7. The van der Waals surface area contributed by atoms with E-state index in [4.69, 9.17) is 29.0 Å². The highest BCUT2D eigenvalue weighted by molar-refractivity contribution is 5.84. The fourth-order valence-electron chi connectivity index (χ4n) is 3.97. The third-order valence-corrected chi connectivity index (χ3v) is 5.77. The van der Waals surface area contributed by atoms with Crippen LogP contribution in [0, 0.1) is 5.41 Å². The molecule has 0 radical (unpaired) electrons. The normalized spacial score (nSPS) is 20.9. The number of rotatable bonds is 5. The first-order valence-electron chi connectivity index (χ1n) is 11.3. The van der Waals surface area contributed by atoms with Crippen LogP contribution in [0.4, 0.5) is 26.3 Å². The number of aromatic nitrogens is 1. The molecule has 0 aromatic carbocycles. The number of fused-ring (bicyclic) bond motifs is 1. The van der Waals surface area contributed by atoms with Crippen LogP contribution in [0.1, 0.15) is 24.2 Å². The van der Waals surface area contributed by atoms with Gasteiger partial charge in [0.05, 0.1) is 24.3 Å². The van der Waals surface area contributed by atoms with Gasteiger partial charge >= 0.3 is 24.3 Å². The summed E-state index contributed by atoms with van der Waals surface area (Å²) in [7, 11) is 0. The van der Waals surface area contributed by atoms with Crippen molar-refractivity contribution in [2.24, 2.45) is 5.41 Å². The minimum Gasteiger partial charge on any atom is -0.475 e. The van der Waals surface area contributed by atoms with E-state index >= 15 is 0 Å². The van der Waals surface area contributed by atoms with Crippen molar-refractivity contribution < 1.29 is 60.1 Å². The van der Waals surface area contributed by atoms with Gasteiger partial charge in [0.15, 0.2) is 0 Å². The van der Waals surface area contributed by atoms with Crippen LogP contribution in [0.3, 0.4) is 0 Å². The molecule has 4 rings (SSSR count). The molecule has 0 aliphatic carbocycles. The van der Waals surface area contributed by atoms with E-state index in [9.17, 15) is 31.1 Å². The van der Waals surface area contributed by atoms with Crippen molar-refractivity contribution >= 4 is 17.8 Å². The number of alkyl halides is 6. The van der Waals surface area contributed by atoms with Crippen LogP contribution in [-0.4, -0.2) is 76.1 Å². The molecule has 1 amide bonds. The number of carboxylic acids is 2. The van der Waals surface area contributed by atoms with E-state index in [-0.39, 0.29) is 12.0 Å². The maximum Gasteiger partial charge on any atom is 0.490 e. The largest absolute Gasteiger partial charge is 0.490 e. The zero-order valence-electron chi connectivity index (χ0n) is 20.2. The Labute approximate surface area is 217 Å². The first kappa shape index (κ1) is 31.6. The lowest BCUT2D eigenvalue weighted by molar-refractivity contribution is -0.193. The zero-order chi connectivity index (χ0) is 29.3. The number of hydrogen-bond donors (Lipinski definition) is 3. The number of nitrogens with one attached hydrogen (secondary N) is 1. The van der Waals surface area contributed by atoms with E-state index in [1.165, 1.54) is 0 Å². The predicted octanol–water partition coefficient (Wildman–Crippen LogP) is 3.24. The van der Waals surface area contributed by atoms with Crippen LogP contribution in [0.25, 0.3) is 0 Å². The van der Waals surface area contributed by atoms with Crippen molar-refractivity contribution in [1.29, 1.82) is 0 Å². The number of halogens is 6. The van der Waals surface area contributed by atoms with Crippen molar-refractivity contribution in [1.82, 2.24) is 15.2 Å². The number of likely N-dealkylation sites (tertiary alicyclic amines) is 1. The van der Waals surface area contributed by atoms with Crippen molar-refractivity contribution in [3.8, 4) is 0 Å². The van der Waals surface area contributed by atoms with Crippen molar-refractivity contribution in [3.05, 3.63) is 54.2 Å². The summed E-state index contributed by atoms with van der Waals surface area (Å²) in [4.78, 5) is 37.3. The van der Waals surface area contributed by atoms with Gasteiger partial charge in [0, 0.05) is 38.6 Å². The molecule has 2 aliphatic heterocycles. The summed E-state index contributed by atoms with van der Waals surface area (Å²) < 4.78 is 74.8. The zero-order valence-corrected chi connectivity index (χ0v) is 20.2. The molecular weight excluding hydrogens is 544 g/mol. The lowest BCUT2D eigenvalue weighted by Gasteiger charge is -2.42. The number of piperidine rings is 1. The molecule has 0 unspecified atom stereocenters. The second-order valence-electron chi connectivity index (χ2n) is 8.49. The molecule has 0 saturated carbocycles. The topological polar surface area (TPSA) is 142 Å². The lowest BCUT2D eigenvalue weighted by Crippen LogP contribution is -2.56. The van der Waals surface area contributed by atoms with Gasteiger partial charge < -0.3 is 24.7 Å². The van der Waals surface area contributed by atoms with Crippen LogP contribution in [-0.2, 0) is 32.2 Å². The Morgan fingerprint density at radius 3 is 2.23 bits per heavy atom. The van der Waals surface area contributed by atoms with Crippen molar-refractivity contribution in [3.63, 3.8) is 0 Å². The molecule has 0 spiro atoms. The Hall–Kier alpha value is -3.66. The highest BCUT2D eigenvalue weighted by Crippen LogP contribution is 2.41. The minimum absolute atomic E-state index is 0.00856. The molecule has 2 aromatic rings. The minimum atomic E-state index is -5.08. The average molecular weight is 569 g/mol. The summed E-state index contributed by atoms with van der Waals surface area (Å²) >= 11 is 0. The van der Waals surface area contributed by atoms with Gasteiger partial charge in [-0.1, -0.05) is 6.07 Å². The molecule has 39 heavy (non-hydrogen) atoms. The van der Waals surface area contributed by atoms with Crippen LogP contribution in [0.5, 0.6) is 0 Å². The Balaban J connectivity index is 0.000000317. The standard InChI is InChI=1S/C19H23N3O3.2C2HF3O2/c23-18(21-12-15-3-1-7-20-11-15)19-6-10-25-17(19)5-8-22(14-19)13-16-4-2-9-24-16;2*3-2(4,5)1(6)7/h1-4,7,9,11,17H,5-6,8,10,12-14H2,(H,21,23);2*(H,6,7)/t17-,19-;;/m1../s1. The van der Waals surface area contributed by atoms with Crippen molar-refractivity contribution in [2.45, 2.75) is 44.4 Å². The van der Waals surface area contributed by atoms with Gasteiger partial charge in [-0.15, -0.1) is 0 Å². The third kappa shape index (κ3) is 9.55. The van der Waals surface area contributed by atoms with Gasteiger partial charge in [-0.3, -0.25) is 14.7 Å². The van der Waals surface area contributed by atoms with Crippen molar-refractivity contribution in [2.75, 3.05) is 19.7 Å². The van der Waals surface area contributed by atoms with E-state index in [1.807, 2.05) is 24.3 Å². The molecule has 2 aliphatic rings. The molecule has 2 fully saturated rings. The van der Waals surface area contributed by atoms with Gasteiger partial charge in [-0.25, -0.2) is 9.59 Å². The number of furan rings is 1. The lowest BCUT2D eigenvalue weighted by atomic mass is 9.75. The monoisotopic (exact) mass is 569 g/mol. The van der Waals surface area contributed by atoms with Crippen LogP contribution >= 0.6 is 0 Å². The second-order valence-corrected chi connectivity index (χ2v) is 8.49. The number of carbonyl (C=O) groups is 3. The van der Waals surface area contributed by atoms with E-state index in [0.29, 0.717) is 19.7 Å². The van der Waals surface area contributed by atoms with Gasteiger partial charge in [0.25, 0.3) is 0 Å². The van der Waals surface area contributed by atoms with Gasteiger partial charge in [-0.05, 0) is 36.6 Å². The van der Waals surface area contributed by atoms with Gasteiger partial charge in [0.1, 0.15) is 5.76 Å². The number of carbonyl (C=O) groups excluding carboxylic acids is 1. The van der Waals surface area contributed by atoms with Gasteiger partial charge in [-0.2, -0.15) is 26.3 Å². The number of pyridine rings is 1. The van der Waals surface area contributed by atoms with Crippen LogP contribution < -0.4 is 5.32 Å². The molecule has 216 valence electrons. The Morgan fingerprint density at radius 2 is 1.72 bits per heavy atom. The molecule has 2 aromatic heterocycles. The number of aliphatic carboxylic acids is 2. The SMILES string of the molecule is O=C(NCc1cccnc1)[C@@]12CCO[C@@H]1CCN(Cc1ccco1)C2.O=C(O)C(F)(F)F.O=C(O)C(F)(F)F. The summed E-state index contributed by atoms with van der Waals surface area (Å²) in [6, 6.07) is 7.73. The number of carboxylic acid groups (broad SMARTS) is 2. The molecule has 10 nitrogen and oxygen atoms in total. The third-order valence-electron chi connectivity index (χ3n) is 5.77. The summed E-state index contributed by atoms with van der Waals surface area (Å²) in [6.45, 7) is 3.51. The maximum absolute atomic E-state index is 13.1. The van der Waals surface area contributed by atoms with E-state index in [2.05, 4.69) is 15.2 Å². The highest BCUT2D eigenvalue weighted by atomic mass is 19.4. The fraction of sp³-hybridized carbons (Fsp3) is 0.478.